The van der Waals surface area contributed by atoms with Gasteiger partial charge >= 0.3 is 5.97 Å². The molecule has 0 bridgehead atoms. The van der Waals surface area contributed by atoms with Crippen LogP contribution in [0.4, 0.5) is 4.39 Å². The summed E-state index contributed by atoms with van der Waals surface area (Å²) in [6.07, 6.45) is 7.49. The maximum absolute atomic E-state index is 13.2. The van der Waals surface area contributed by atoms with Crippen LogP contribution in [-0.2, 0) is 9.53 Å². The van der Waals surface area contributed by atoms with Gasteiger partial charge in [0.1, 0.15) is 24.3 Å². The van der Waals surface area contributed by atoms with Crippen LogP contribution >= 0.6 is 11.8 Å². The Labute approximate surface area is 194 Å². The predicted molar refractivity (Wildman–Crippen MR) is 124 cm³/mol. The van der Waals surface area contributed by atoms with Crippen LogP contribution in [0.1, 0.15) is 52.4 Å². The topological polar surface area (TPSA) is 76.0 Å². The van der Waals surface area contributed by atoms with Gasteiger partial charge in [0.25, 0.3) is 0 Å². The summed E-state index contributed by atoms with van der Waals surface area (Å²) in [6.45, 7) is 3.76. The van der Waals surface area contributed by atoms with Crippen LogP contribution < -0.4 is 4.74 Å². The van der Waals surface area contributed by atoms with Gasteiger partial charge < -0.3 is 19.7 Å². The van der Waals surface area contributed by atoms with Crippen LogP contribution in [-0.4, -0.2) is 51.6 Å². The zero-order valence-electron chi connectivity index (χ0n) is 18.9. The Hall–Kier alpha value is -1.57. The Morgan fingerprint density at radius 3 is 2.91 bits per heavy atom. The minimum atomic E-state index is -0.820. The molecule has 1 aliphatic carbocycles. The molecule has 32 heavy (non-hydrogen) atoms. The molecule has 2 fully saturated rings. The first-order chi connectivity index (χ1) is 15.3. The number of aliphatic hydroxyl groups excluding tert-OH is 2. The Morgan fingerprint density at radius 1 is 1.34 bits per heavy atom. The number of aliphatic hydroxyl groups is 2. The molecular weight excluding hydrogens is 431 g/mol. The Bertz CT molecular complexity index is 770. The van der Waals surface area contributed by atoms with Crippen molar-refractivity contribution in [2.75, 3.05) is 6.61 Å². The van der Waals surface area contributed by atoms with Gasteiger partial charge in [-0.2, -0.15) is 11.8 Å². The maximum atomic E-state index is 13.2. The average Bonchev–Trinajstić information content (AvgIpc) is 3.04. The molecule has 1 aromatic carbocycles. The molecule has 1 heterocycles. The molecular formula is C25H35FO5S. The quantitative estimate of drug-likeness (QED) is 0.391. The molecule has 178 valence electrons. The maximum Gasteiger partial charge on any atom is 0.306 e. The lowest BCUT2D eigenvalue weighted by molar-refractivity contribution is -0.147. The first-order valence-electron chi connectivity index (χ1n) is 11.6. The van der Waals surface area contributed by atoms with E-state index in [2.05, 4.69) is 0 Å². The highest BCUT2D eigenvalue weighted by Crippen LogP contribution is 2.49. The summed E-state index contributed by atoms with van der Waals surface area (Å²) in [5.74, 6) is 0.296. The minimum Gasteiger partial charge on any atom is -0.490 e. The molecule has 7 heteroatoms. The van der Waals surface area contributed by atoms with Gasteiger partial charge in [-0.05, 0) is 64.0 Å². The molecule has 3 rings (SSSR count). The van der Waals surface area contributed by atoms with Gasteiger partial charge in [0.15, 0.2) is 0 Å². The lowest BCUT2D eigenvalue weighted by Crippen LogP contribution is -2.27. The summed E-state index contributed by atoms with van der Waals surface area (Å²) in [5.41, 5.74) is 0. The van der Waals surface area contributed by atoms with E-state index in [4.69, 9.17) is 9.47 Å². The molecule has 6 atom stereocenters. The molecule has 1 aromatic rings. The number of carbonyl (C=O) groups excluding carboxylic acids is 1. The van der Waals surface area contributed by atoms with Crippen LogP contribution in [0, 0.1) is 17.7 Å². The number of thioether (sulfide) groups is 1. The molecule has 0 spiro atoms. The fourth-order valence-electron chi connectivity index (χ4n) is 4.66. The molecule has 1 aliphatic heterocycles. The Kier molecular flexibility index (Phi) is 9.44. The molecule has 0 unspecified atom stereocenters. The van der Waals surface area contributed by atoms with Crippen LogP contribution in [0.25, 0.3) is 0 Å². The summed E-state index contributed by atoms with van der Waals surface area (Å²) >= 11 is 1.95. The number of hydrogen-bond donors (Lipinski definition) is 2. The van der Waals surface area contributed by atoms with Gasteiger partial charge in [-0.3, -0.25) is 4.79 Å². The van der Waals surface area contributed by atoms with Crippen LogP contribution in [0.15, 0.2) is 36.4 Å². The van der Waals surface area contributed by atoms with Gasteiger partial charge in [0, 0.05) is 28.9 Å². The van der Waals surface area contributed by atoms with Crippen LogP contribution in [0.5, 0.6) is 5.75 Å². The van der Waals surface area contributed by atoms with Crippen molar-refractivity contribution in [1.29, 1.82) is 0 Å². The first-order valence-corrected chi connectivity index (χ1v) is 12.5. The van der Waals surface area contributed by atoms with Crippen molar-refractivity contribution >= 4 is 17.7 Å². The average molecular weight is 467 g/mol. The highest BCUT2D eigenvalue weighted by atomic mass is 32.2. The molecule has 2 aliphatic rings. The van der Waals surface area contributed by atoms with Crippen molar-refractivity contribution in [3.8, 4) is 5.75 Å². The van der Waals surface area contributed by atoms with Crippen molar-refractivity contribution in [1.82, 2.24) is 0 Å². The highest BCUT2D eigenvalue weighted by Gasteiger charge is 2.44. The van der Waals surface area contributed by atoms with Gasteiger partial charge in [-0.15, -0.1) is 0 Å². The lowest BCUT2D eigenvalue weighted by atomic mass is 9.88. The van der Waals surface area contributed by atoms with E-state index in [1.54, 1.807) is 18.2 Å². The highest BCUT2D eigenvalue weighted by molar-refractivity contribution is 8.00. The van der Waals surface area contributed by atoms with E-state index in [9.17, 15) is 19.4 Å². The van der Waals surface area contributed by atoms with E-state index in [0.29, 0.717) is 28.6 Å². The van der Waals surface area contributed by atoms with Crippen LogP contribution in [0.3, 0.4) is 0 Å². The van der Waals surface area contributed by atoms with E-state index >= 15 is 0 Å². The monoisotopic (exact) mass is 466 g/mol. The summed E-state index contributed by atoms with van der Waals surface area (Å²) < 4.78 is 23.9. The minimum absolute atomic E-state index is 0.0262. The summed E-state index contributed by atoms with van der Waals surface area (Å²) in [4.78, 5) is 11.7. The second kappa shape index (κ2) is 12.1. The van der Waals surface area contributed by atoms with Gasteiger partial charge in [-0.25, -0.2) is 4.39 Å². The number of ether oxygens (including phenoxy) is 2. The number of carbonyl (C=O) groups is 1. The zero-order valence-corrected chi connectivity index (χ0v) is 19.7. The summed E-state index contributed by atoms with van der Waals surface area (Å²) in [7, 11) is 0. The number of halogens is 1. The third-order valence-electron chi connectivity index (χ3n) is 6.13. The summed E-state index contributed by atoms with van der Waals surface area (Å²) in [6, 6.07) is 5.83. The smallest absolute Gasteiger partial charge is 0.306 e. The van der Waals surface area contributed by atoms with Crippen molar-refractivity contribution < 1.29 is 28.9 Å². The van der Waals surface area contributed by atoms with E-state index in [1.807, 2.05) is 31.7 Å². The molecule has 0 radical (unpaired) electrons. The van der Waals surface area contributed by atoms with E-state index < -0.39 is 12.2 Å². The standard InChI is InChI=1S/C25H35FO5S/c1-16(2)31-25(29)8-4-7-20-10-12-22-21(23(28)14-24(22)32-20)11-9-18(27)15-30-19-6-3-5-17(26)13-19/h3,5-6,9,11,13,16,18,20-24,27-28H,4,7-8,10,12,14-15H2,1-2H3/b11-9+/t18-,20+,21-,22-,23-,24+/m1/s1. The number of benzene rings is 1. The molecule has 0 amide bonds. The van der Waals surface area contributed by atoms with E-state index in [-0.39, 0.29) is 30.4 Å². The largest absolute Gasteiger partial charge is 0.490 e. The van der Waals surface area contributed by atoms with Crippen molar-refractivity contribution in [3.05, 3.63) is 42.2 Å². The van der Waals surface area contributed by atoms with Crippen molar-refractivity contribution in [2.24, 2.45) is 11.8 Å². The summed E-state index contributed by atoms with van der Waals surface area (Å²) in [5, 5.41) is 21.8. The Balaban J connectivity index is 1.42. The molecule has 0 aromatic heterocycles. The second-order valence-corrected chi connectivity index (χ2v) is 10.6. The van der Waals surface area contributed by atoms with Gasteiger partial charge in [0.05, 0.1) is 12.2 Å². The number of hydrogen-bond acceptors (Lipinski definition) is 6. The number of fused-ring (bicyclic) bond motifs is 1. The fourth-order valence-corrected chi connectivity index (χ4v) is 6.56. The Morgan fingerprint density at radius 2 is 2.16 bits per heavy atom. The second-order valence-electron chi connectivity index (χ2n) is 9.07. The van der Waals surface area contributed by atoms with Crippen molar-refractivity contribution in [2.45, 2.75) is 81.2 Å². The third-order valence-corrected chi connectivity index (χ3v) is 7.87. The zero-order chi connectivity index (χ0) is 23.1. The number of esters is 1. The molecule has 1 saturated heterocycles. The van der Waals surface area contributed by atoms with Gasteiger partial charge in [0.2, 0.25) is 0 Å². The van der Waals surface area contributed by atoms with E-state index in [1.165, 1.54) is 12.1 Å². The first kappa shape index (κ1) is 25.1. The van der Waals surface area contributed by atoms with Crippen molar-refractivity contribution in [3.63, 3.8) is 0 Å². The molecule has 2 N–H and O–H groups in total. The normalized spacial score (nSPS) is 28.6. The third kappa shape index (κ3) is 7.49. The van der Waals surface area contributed by atoms with Gasteiger partial charge in [-0.1, -0.05) is 18.2 Å². The number of rotatable bonds is 10. The predicted octanol–water partition coefficient (Wildman–Crippen LogP) is 4.50. The fraction of sp³-hybridized carbons (Fsp3) is 0.640. The van der Waals surface area contributed by atoms with Crippen LogP contribution in [0.2, 0.25) is 0 Å². The molecule has 1 saturated carbocycles. The lowest BCUT2D eigenvalue weighted by Gasteiger charge is -2.33. The van der Waals surface area contributed by atoms with E-state index in [0.717, 1.165) is 32.1 Å². The molecule has 5 nitrogen and oxygen atoms in total. The SMILES string of the molecule is CC(C)OC(=O)CCC[C@H]1CC[C@@H]2[C@@H](/C=C/[C@@H](O)COc3cccc(F)c3)[C@H](O)C[C@@H]2S1.